The monoisotopic (exact) mass is 139 g/mol. The average molecular weight is 139 g/mol. The van der Waals surface area contributed by atoms with Crippen LogP contribution in [0.15, 0.2) is 11.8 Å². The summed E-state index contributed by atoms with van der Waals surface area (Å²) in [5.41, 5.74) is 1.26. The van der Waals surface area contributed by atoms with Crippen LogP contribution in [-0.4, -0.2) is 5.91 Å². The summed E-state index contributed by atoms with van der Waals surface area (Å²) in [7, 11) is 0. The minimum atomic E-state index is 0.143. The molecule has 0 aliphatic carbocycles. The number of allylic oxidation sites excluding steroid dienone is 1. The van der Waals surface area contributed by atoms with E-state index in [-0.39, 0.29) is 5.91 Å². The Labute approximate surface area is 61.3 Å². The highest BCUT2D eigenvalue weighted by Gasteiger charge is 2.11. The molecular weight excluding hydrogens is 126 g/mol. The van der Waals surface area contributed by atoms with Crippen LogP contribution in [0.5, 0.6) is 0 Å². The third kappa shape index (κ3) is 1.87. The fourth-order valence-corrected chi connectivity index (χ4v) is 1.26. The van der Waals surface area contributed by atoms with Crippen LogP contribution in [-0.2, 0) is 4.79 Å². The molecule has 10 heavy (non-hydrogen) atoms. The van der Waals surface area contributed by atoms with Gasteiger partial charge in [-0.2, -0.15) is 0 Å². The van der Waals surface area contributed by atoms with Crippen molar-refractivity contribution in [1.82, 2.24) is 5.32 Å². The van der Waals surface area contributed by atoms with Crippen LogP contribution in [0.1, 0.15) is 26.7 Å². The number of carbonyl (C=O) groups is 1. The van der Waals surface area contributed by atoms with Gasteiger partial charge >= 0.3 is 0 Å². The van der Waals surface area contributed by atoms with Crippen LogP contribution in [0, 0.1) is 5.92 Å². The summed E-state index contributed by atoms with van der Waals surface area (Å²) in [6, 6.07) is 0. The van der Waals surface area contributed by atoms with Gasteiger partial charge in [-0.15, -0.1) is 0 Å². The van der Waals surface area contributed by atoms with Crippen molar-refractivity contribution in [2.24, 2.45) is 5.92 Å². The predicted octanol–water partition coefficient (Wildman–Crippen LogP) is 1.44. The highest BCUT2D eigenvalue weighted by molar-refractivity contribution is 5.77. The first-order valence-electron chi connectivity index (χ1n) is 3.63. The Kier molecular flexibility index (Phi) is 2.10. The predicted molar refractivity (Wildman–Crippen MR) is 40.3 cm³/mol. The molecule has 2 heteroatoms. The summed E-state index contributed by atoms with van der Waals surface area (Å²) in [6.45, 7) is 4.14. The molecule has 0 aromatic heterocycles. The minimum absolute atomic E-state index is 0.143. The maximum absolute atomic E-state index is 10.9. The van der Waals surface area contributed by atoms with E-state index >= 15 is 0 Å². The quantitative estimate of drug-likeness (QED) is 0.540. The molecule has 1 unspecified atom stereocenters. The minimum Gasteiger partial charge on any atom is -0.333 e. The molecule has 1 rings (SSSR count). The van der Waals surface area contributed by atoms with Gasteiger partial charge in [0.15, 0.2) is 0 Å². The van der Waals surface area contributed by atoms with Crippen molar-refractivity contribution < 1.29 is 4.79 Å². The standard InChI is InChI=1S/C8H13NO/c1-6-3-7(2)5-9-8(10)4-6/h5-6H,3-4H2,1-2H3,(H,9,10). The van der Waals surface area contributed by atoms with E-state index in [9.17, 15) is 4.79 Å². The first-order valence-corrected chi connectivity index (χ1v) is 3.63. The van der Waals surface area contributed by atoms with Gasteiger partial charge in [0.1, 0.15) is 0 Å². The number of carbonyl (C=O) groups excluding carboxylic acids is 1. The summed E-state index contributed by atoms with van der Waals surface area (Å²) in [6.07, 6.45) is 3.51. The molecule has 0 fully saturated rings. The van der Waals surface area contributed by atoms with E-state index < -0.39 is 0 Å². The largest absolute Gasteiger partial charge is 0.333 e. The Balaban J connectivity index is 2.61. The van der Waals surface area contributed by atoms with Crippen LogP contribution in [0.3, 0.4) is 0 Å². The number of nitrogens with one attached hydrogen (secondary N) is 1. The van der Waals surface area contributed by atoms with E-state index in [1.165, 1.54) is 5.57 Å². The van der Waals surface area contributed by atoms with E-state index in [0.29, 0.717) is 12.3 Å². The third-order valence-corrected chi connectivity index (χ3v) is 1.68. The van der Waals surface area contributed by atoms with Crippen LogP contribution in [0.25, 0.3) is 0 Å². The lowest BCUT2D eigenvalue weighted by atomic mass is 10.0. The summed E-state index contributed by atoms with van der Waals surface area (Å²) in [4.78, 5) is 10.9. The number of rotatable bonds is 0. The lowest BCUT2D eigenvalue weighted by molar-refractivity contribution is -0.120. The molecular formula is C8H13NO. The maximum atomic E-state index is 10.9. The molecule has 0 aromatic carbocycles. The van der Waals surface area contributed by atoms with Crippen LogP contribution in [0.4, 0.5) is 0 Å². The van der Waals surface area contributed by atoms with Crippen molar-refractivity contribution in [1.29, 1.82) is 0 Å². The molecule has 1 N–H and O–H groups in total. The lowest BCUT2D eigenvalue weighted by Gasteiger charge is -2.03. The Hall–Kier alpha value is -0.790. The molecule has 2 nitrogen and oxygen atoms in total. The van der Waals surface area contributed by atoms with E-state index in [0.717, 1.165) is 6.42 Å². The SMILES string of the molecule is CC1=CNC(=O)CC(C)C1. The molecule has 1 heterocycles. The first kappa shape index (κ1) is 7.32. The van der Waals surface area contributed by atoms with Crippen LogP contribution < -0.4 is 5.32 Å². The highest BCUT2D eigenvalue weighted by atomic mass is 16.1. The van der Waals surface area contributed by atoms with Gasteiger partial charge in [-0.1, -0.05) is 12.5 Å². The second-order valence-corrected chi connectivity index (χ2v) is 3.07. The molecule has 0 saturated heterocycles. The number of hydrogen-bond donors (Lipinski definition) is 1. The Morgan fingerprint density at radius 1 is 1.60 bits per heavy atom. The van der Waals surface area contributed by atoms with E-state index in [1.54, 1.807) is 0 Å². The van der Waals surface area contributed by atoms with Gasteiger partial charge in [-0.25, -0.2) is 0 Å². The molecule has 1 amide bonds. The van der Waals surface area contributed by atoms with Crippen molar-refractivity contribution in [2.75, 3.05) is 0 Å². The molecule has 0 saturated carbocycles. The lowest BCUT2D eigenvalue weighted by Crippen LogP contribution is -2.16. The fourth-order valence-electron chi connectivity index (χ4n) is 1.26. The normalized spacial score (nSPS) is 26.8. The van der Waals surface area contributed by atoms with Crippen molar-refractivity contribution >= 4 is 5.91 Å². The smallest absolute Gasteiger partial charge is 0.224 e. The van der Waals surface area contributed by atoms with Gasteiger partial charge in [-0.3, -0.25) is 4.79 Å². The van der Waals surface area contributed by atoms with Crippen molar-refractivity contribution in [2.45, 2.75) is 26.7 Å². The summed E-state index contributed by atoms with van der Waals surface area (Å²) in [5.74, 6) is 0.642. The maximum Gasteiger partial charge on any atom is 0.224 e. The van der Waals surface area contributed by atoms with Gasteiger partial charge in [0, 0.05) is 12.6 Å². The van der Waals surface area contributed by atoms with E-state index in [1.807, 2.05) is 13.1 Å². The van der Waals surface area contributed by atoms with Gasteiger partial charge < -0.3 is 5.32 Å². The molecule has 0 bridgehead atoms. The number of amides is 1. The average Bonchev–Trinajstić information content (AvgIpc) is 1.93. The summed E-state index contributed by atoms with van der Waals surface area (Å²) < 4.78 is 0. The van der Waals surface area contributed by atoms with Crippen LogP contribution in [0.2, 0.25) is 0 Å². The zero-order chi connectivity index (χ0) is 7.56. The number of hydrogen-bond acceptors (Lipinski definition) is 1. The van der Waals surface area contributed by atoms with Gasteiger partial charge in [0.25, 0.3) is 0 Å². The summed E-state index contributed by atoms with van der Waals surface area (Å²) in [5, 5.41) is 2.72. The summed E-state index contributed by atoms with van der Waals surface area (Å²) >= 11 is 0. The second kappa shape index (κ2) is 2.86. The zero-order valence-corrected chi connectivity index (χ0v) is 6.48. The second-order valence-electron chi connectivity index (χ2n) is 3.07. The van der Waals surface area contributed by atoms with Crippen LogP contribution >= 0.6 is 0 Å². The van der Waals surface area contributed by atoms with E-state index in [2.05, 4.69) is 12.2 Å². The molecule has 0 spiro atoms. The van der Waals surface area contributed by atoms with Crippen molar-refractivity contribution in [3.8, 4) is 0 Å². The Bertz CT molecular complexity index is 172. The first-order chi connectivity index (χ1) is 4.68. The van der Waals surface area contributed by atoms with Gasteiger partial charge in [-0.05, 0) is 19.3 Å². The Morgan fingerprint density at radius 2 is 2.30 bits per heavy atom. The molecule has 1 atom stereocenters. The molecule has 0 aromatic rings. The topological polar surface area (TPSA) is 29.1 Å². The molecule has 1 aliphatic rings. The third-order valence-electron chi connectivity index (χ3n) is 1.68. The van der Waals surface area contributed by atoms with Crippen molar-refractivity contribution in [3.63, 3.8) is 0 Å². The van der Waals surface area contributed by atoms with E-state index in [4.69, 9.17) is 0 Å². The van der Waals surface area contributed by atoms with Gasteiger partial charge in [0.2, 0.25) is 5.91 Å². The molecule has 56 valence electrons. The van der Waals surface area contributed by atoms with Crippen molar-refractivity contribution in [3.05, 3.63) is 11.8 Å². The molecule has 1 aliphatic heterocycles. The fraction of sp³-hybridized carbons (Fsp3) is 0.625. The molecule has 0 radical (unpaired) electrons. The van der Waals surface area contributed by atoms with Gasteiger partial charge in [0.05, 0.1) is 0 Å². The highest BCUT2D eigenvalue weighted by Crippen LogP contribution is 2.15. The Morgan fingerprint density at radius 3 is 3.00 bits per heavy atom. The zero-order valence-electron chi connectivity index (χ0n) is 6.48.